The van der Waals surface area contributed by atoms with Gasteiger partial charge in [0.25, 0.3) is 0 Å². The van der Waals surface area contributed by atoms with Gasteiger partial charge < -0.3 is 0 Å². The molecule has 0 aliphatic rings. The maximum Gasteiger partial charge on any atom is 0.167 e. The number of Topliss-reactive ketones (excluding diaryl/α,β-unsaturated/α-hetero) is 1. The molecule has 0 spiro atoms. The van der Waals surface area contributed by atoms with Crippen LogP contribution in [-0.2, 0) is 6.42 Å². The summed E-state index contributed by atoms with van der Waals surface area (Å²) in [6.07, 6.45) is 0.143. The maximum atomic E-state index is 13.2. The van der Waals surface area contributed by atoms with Crippen molar-refractivity contribution in [3.8, 4) is 0 Å². The van der Waals surface area contributed by atoms with Crippen molar-refractivity contribution >= 4 is 49.2 Å². The highest BCUT2D eigenvalue weighted by Crippen LogP contribution is 2.24. The summed E-state index contributed by atoms with van der Waals surface area (Å²) in [6, 6.07) is 9.41. The molecule has 0 atom stereocenters. The summed E-state index contributed by atoms with van der Waals surface area (Å²) in [4.78, 5) is 12.1. The molecule has 98 valence electrons. The third kappa shape index (κ3) is 3.88. The Bertz CT molecular complexity index is 623. The van der Waals surface area contributed by atoms with Gasteiger partial charge in [-0.05, 0) is 57.9 Å². The highest BCUT2D eigenvalue weighted by molar-refractivity contribution is 9.10. The van der Waals surface area contributed by atoms with E-state index in [0.29, 0.717) is 25.1 Å². The van der Waals surface area contributed by atoms with E-state index in [9.17, 15) is 9.18 Å². The quantitative estimate of drug-likeness (QED) is 0.621. The van der Waals surface area contributed by atoms with Gasteiger partial charge in [-0.1, -0.05) is 27.5 Å². The molecule has 0 aliphatic heterocycles. The Hall–Kier alpha value is -0.710. The first-order chi connectivity index (χ1) is 8.95. The summed E-state index contributed by atoms with van der Waals surface area (Å²) < 4.78 is 14.5. The van der Waals surface area contributed by atoms with Gasteiger partial charge in [-0.2, -0.15) is 0 Å². The van der Waals surface area contributed by atoms with Crippen molar-refractivity contribution in [3.05, 3.63) is 67.3 Å². The second-order valence-electron chi connectivity index (χ2n) is 4.01. The Labute approximate surface area is 132 Å². The molecule has 0 bridgehead atoms. The Kier molecular flexibility index (Phi) is 4.76. The minimum absolute atomic E-state index is 0.0881. The van der Waals surface area contributed by atoms with Gasteiger partial charge in [-0.15, -0.1) is 0 Å². The molecule has 0 N–H and O–H groups in total. The molecule has 19 heavy (non-hydrogen) atoms. The number of halogens is 4. The highest BCUT2D eigenvalue weighted by atomic mass is 79.9. The SMILES string of the molecule is O=C(Cc1cc(F)cc(Br)c1)c1ccc(Cl)c(Br)c1. The van der Waals surface area contributed by atoms with Crippen LogP contribution in [0.15, 0.2) is 45.3 Å². The van der Waals surface area contributed by atoms with E-state index >= 15 is 0 Å². The fourth-order valence-electron chi connectivity index (χ4n) is 1.67. The predicted molar refractivity (Wildman–Crippen MR) is 81.3 cm³/mol. The Balaban J connectivity index is 2.22. The summed E-state index contributed by atoms with van der Waals surface area (Å²) in [5.41, 5.74) is 1.17. The van der Waals surface area contributed by atoms with Crippen LogP contribution in [-0.4, -0.2) is 5.78 Å². The van der Waals surface area contributed by atoms with Gasteiger partial charge in [0.1, 0.15) is 5.82 Å². The molecule has 2 aromatic rings. The predicted octanol–water partition coefficient (Wildman–Crippen LogP) is 5.43. The van der Waals surface area contributed by atoms with Gasteiger partial charge in [-0.3, -0.25) is 4.79 Å². The molecule has 2 aromatic carbocycles. The Morgan fingerprint density at radius 3 is 2.53 bits per heavy atom. The molecule has 0 aliphatic carbocycles. The summed E-state index contributed by atoms with van der Waals surface area (Å²) in [5, 5.41) is 0.546. The first kappa shape index (κ1) is 14.7. The molecule has 1 nitrogen and oxygen atoms in total. The molecule has 0 radical (unpaired) electrons. The maximum absolute atomic E-state index is 13.2. The van der Waals surface area contributed by atoms with E-state index in [4.69, 9.17) is 11.6 Å². The molecule has 0 heterocycles. The lowest BCUT2D eigenvalue weighted by atomic mass is 10.0. The molecular weight excluding hydrogens is 398 g/mol. The first-order valence-corrected chi connectivity index (χ1v) is 7.35. The molecule has 0 saturated carbocycles. The van der Waals surface area contributed by atoms with E-state index in [-0.39, 0.29) is 18.0 Å². The molecule has 5 heteroatoms. The minimum Gasteiger partial charge on any atom is -0.294 e. The van der Waals surface area contributed by atoms with Crippen molar-refractivity contribution in [1.29, 1.82) is 0 Å². The van der Waals surface area contributed by atoms with Crippen LogP contribution in [0.1, 0.15) is 15.9 Å². The van der Waals surface area contributed by atoms with Crippen LogP contribution >= 0.6 is 43.5 Å². The number of carbonyl (C=O) groups excluding carboxylic acids is 1. The topological polar surface area (TPSA) is 17.1 Å². The van der Waals surface area contributed by atoms with Crippen LogP contribution in [0.3, 0.4) is 0 Å². The number of carbonyl (C=O) groups is 1. The zero-order chi connectivity index (χ0) is 14.0. The van der Waals surface area contributed by atoms with Gasteiger partial charge in [-0.25, -0.2) is 4.39 Å². The molecule has 0 unspecified atom stereocenters. The zero-order valence-corrected chi connectivity index (χ0v) is 13.5. The smallest absolute Gasteiger partial charge is 0.167 e. The zero-order valence-electron chi connectivity index (χ0n) is 9.59. The van der Waals surface area contributed by atoms with E-state index in [0.717, 1.165) is 0 Å². The summed E-state index contributed by atoms with van der Waals surface area (Å²) in [7, 11) is 0. The molecule has 0 amide bonds. The van der Waals surface area contributed by atoms with Gasteiger partial charge in [0.2, 0.25) is 0 Å². The minimum atomic E-state index is -0.366. The van der Waals surface area contributed by atoms with Crippen molar-refractivity contribution in [1.82, 2.24) is 0 Å². The fourth-order valence-corrected chi connectivity index (χ4v) is 2.68. The van der Waals surface area contributed by atoms with E-state index < -0.39 is 0 Å². The van der Waals surface area contributed by atoms with Crippen LogP contribution in [0.2, 0.25) is 5.02 Å². The van der Waals surface area contributed by atoms with E-state index in [1.165, 1.54) is 12.1 Å². The average molecular weight is 406 g/mol. The van der Waals surface area contributed by atoms with Gasteiger partial charge in [0.05, 0.1) is 5.02 Å². The largest absolute Gasteiger partial charge is 0.294 e. The highest BCUT2D eigenvalue weighted by Gasteiger charge is 2.10. The lowest BCUT2D eigenvalue weighted by molar-refractivity contribution is 0.0993. The van der Waals surface area contributed by atoms with Gasteiger partial charge in [0, 0.05) is 20.9 Å². The Morgan fingerprint density at radius 2 is 1.89 bits per heavy atom. The molecular formula is C14H8Br2ClFO. The number of benzene rings is 2. The van der Waals surface area contributed by atoms with Crippen molar-refractivity contribution < 1.29 is 9.18 Å². The van der Waals surface area contributed by atoms with Gasteiger partial charge >= 0.3 is 0 Å². The van der Waals surface area contributed by atoms with Crippen LogP contribution in [0.5, 0.6) is 0 Å². The fraction of sp³-hybridized carbons (Fsp3) is 0.0714. The standard InChI is InChI=1S/C14H8Br2ClFO/c15-10-3-8(4-11(18)7-10)5-14(19)9-1-2-13(17)12(16)6-9/h1-4,6-7H,5H2. The average Bonchev–Trinajstić information content (AvgIpc) is 2.31. The monoisotopic (exact) mass is 404 g/mol. The van der Waals surface area contributed by atoms with Crippen LogP contribution in [0, 0.1) is 5.82 Å². The van der Waals surface area contributed by atoms with Crippen molar-refractivity contribution in [2.45, 2.75) is 6.42 Å². The lowest BCUT2D eigenvalue weighted by Gasteiger charge is -2.04. The van der Waals surface area contributed by atoms with Crippen molar-refractivity contribution in [2.75, 3.05) is 0 Å². The summed E-state index contributed by atoms with van der Waals surface area (Å²) >= 11 is 12.3. The number of hydrogen-bond acceptors (Lipinski definition) is 1. The van der Waals surface area contributed by atoms with Crippen molar-refractivity contribution in [3.63, 3.8) is 0 Å². The number of ketones is 1. The van der Waals surface area contributed by atoms with Crippen LogP contribution < -0.4 is 0 Å². The van der Waals surface area contributed by atoms with E-state index in [1.807, 2.05) is 0 Å². The summed E-state index contributed by atoms with van der Waals surface area (Å²) in [6.45, 7) is 0. The first-order valence-electron chi connectivity index (χ1n) is 5.39. The third-order valence-corrected chi connectivity index (χ3v) is 4.20. The van der Waals surface area contributed by atoms with E-state index in [2.05, 4.69) is 31.9 Å². The van der Waals surface area contributed by atoms with Gasteiger partial charge in [0.15, 0.2) is 5.78 Å². The second kappa shape index (κ2) is 6.16. The number of rotatable bonds is 3. The molecule has 0 aromatic heterocycles. The summed E-state index contributed by atoms with van der Waals surface area (Å²) in [5.74, 6) is -0.454. The molecule has 0 fully saturated rings. The lowest BCUT2D eigenvalue weighted by Crippen LogP contribution is -2.04. The van der Waals surface area contributed by atoms with E-state index in [1.54, 1.807) is 24.3 Å². The van der Waals surface area contributed by atoms with Crippen LogP contribution in [0.4, 0.5) is 4.39 Å². The normalized spacial score (nSPS) is 10.5. The molecule has 0 saturated heterocycles. The van der Waals surface area contributed by atoms with Crippen LogP contribution in [0.25, 0.3) is 0 Å². The third-order valence-electron chi connectivity index (χ3n) is 2.53. The number of hydrogen-bond donors (Lipinski definition) is 0. The van der Waals surface area contributed by atoms with Crippen molar-refractivity contribution in [2.24, 2.45) is 0 Å². The Morgan fingerprint density at radius 1 is 1.16 bits per heavy atom. The second-order valence-corrected chi connectivity index (χ2v) is 6.18. The molecule has 2 rings (SSSR count).